The van der Waals surface area contributed by atoms with Crippen LogP contribution in [-0.4, -0.2) is 27.8 Å². The van der Waals surface area contributed by atoms with Crippen molar-refractivity contribution in [3.05, 3.63) is 77.1 Å². The van der Waals surface area contributed by atoms with E-state index in [-0.39, 0.29) is 17.6 Å². The number of H-pyrrole nitrogens is 1. The van der Waals surface area contributed by atoms with Gasteiger partial charge in [-0.05, 0) is 49.4 Å². The van der Waals surface area contributed by atoms with Crippen molar-refractivity contribution in [2.75, 3.05) is 16.0 Å². The lowest BCUT2D eigenvalue weighted by atomic mass is 9.98. The minimum atomic E-state index is -0.252. The molecule has 0 bridgehead atoms. The molecule has 0 spiro atoms. The van der Waals surface area contributed by atoms with Crippen LogP contribution in [0.4, 0.5) is 17.2 Å². The zero-order chi connectivity index (χ0) is 21.3. The molecule has 2 aromatic carbocycles. The Hall–Kier alpha value is -4.20. The third kappa shape index (κ3) is 3.83. The van der Waals surface area contributed by atoms with Crippen LogP contribution >= 0.6 is 0 Å². The first-order valence-electron chi connectivity index (χ1n) is 9.27. The van der Waals surface area contributed by atoms with E-state index in [0.29, 0.717) is 39.5 Å². The van der Waals surface area contributed by atoms with E-state index in [4.69, 9.17) is 0 Å². The Labute approximate surface area is 172 Å². The van der Waals surface area contributed by atoms with Crippen LogP contribution < -0.4 is 16.0 Å². The molecule has 0 aliphatic carbocycles. The second kappa shape index (κ2) is 7.67. The van der Waals surface area contributed by atoms with E-state index in [1.807, 2.05) is 13.0 Å². The summed E-state index contributed by atoms with van der Waals surface area (Å²) in [5, 5.41) is 15.3. The molecule has 0 saturated carbocycles. The standard InChI is InChI=1S/C22H19N5O3/c1-12-9-20(27-26-12)23-11-18-17-10-15(5-8-19(17)25-22(18)30)21(29)14-3-6-16(7-4-14)24-13(2)28/h3-11H,1-2H3,(H,24,28)(H,25,30)(H2,23,26,27)/b18-11-. The van der Waals surface area contributed by atoms with Crippen molar-refractivity contribution in [1.29, 1.82) is 0 Å². The van der Waals surface area contributed by atoms with Crippen LogP contribution in [0.3, 0.4) is 0 Å². The molecule has 8 heteroatoms. The van der Waals surface area contributed by atoms with Crippen molar-refractivity contribution in [3.63, 3.8) is 0 Å². The molecule has 0 radical (unpaired) electrons. The lowest BCUT2D eigenvalue weighted by Crippen LogP contribution is -2.06. The van der Waals surface area contributed by atoms with E-state index in [1.54, 1.807) is 48.7 Å². The van der Waals surface area contributed by atoms with Crippen molar-refractivity contribution in [2.45, 2.75) is 13.8 Å². The number of carbonyl (C=O) groups excluding carboxylic acids is 3. The quantitative estimate of drug-likeness (QED) is 0.387. The second-order valence-corrected chi connectivity index (χ2v) is 6.93. The molecule has 3 aromatic rings. The predicted octanol–water partition coefficient (Wildman–Crippen LogP) is 3.31. The van der Waals surface area contributed by atoms with Gasteiger partial charge in [-0.3, -0.25) is 19.5 Å². The zero-order valence-electron chi connectivity index (χ0n) is 16.4. The highest BCUT2D eigenvalue weighted by Gasteiger charge is 2.25. The molecular weight excluding hydrogens is 382 g/mol. The predicted molar refractivity (Wildman–Crippen MR) is 114 cm³/mol. The van der Waals surface area contributed by atoms with E-state index in [1.165, 1.54) is 6.92 Å². The van der Waals surface area contributed by atoms with Crippen molar-refractivity contribution < 1.29 is 14.4 Å². The summed E-state index contributed by atoms with van der Waals surface area (Å²) in [7, 11) is 0. The molecule has 0 saturated heterocycles. The summed E-state index contributed by atoms with van der Waals surface area (Å²) in [6, 6.07) is 13.6. The van der Waals surface area contributed by atoms with Gasteiger partial charge in [-0.25, -0.2) is 0 Å². The van der Waals surface area contributed by atoms with E-state index in [2.05, 4.69) is 26.1 Å². The van der Waals surface area contributed by atoms with E-state index in [0.717, 1.165) is 5.69 Å². The minimum Gasteiger partial charge on any atom is -0.346 e. The Morgan fingerprint density at radius 2 is 1.77 bits per heavy atom. The van der Waals surface area contributed by atoms with Gasteiger partial charge >= 0.3 is 0 Å². The SMILES string of the molecule is CC(=O)Nc1ccc(C(=O)c2ccc3c(c2)/C(=C/Nc2cc(C)n[nH]2)C(=O)N3)cc1. The van der Waals surface area contributed by atoms with Crippen molar-refractivity contribution in [2.24, 2.45) is 0 Å². The number of hydrogen-bond acceptors (Lipinski definition) is 5. The Balaban J connectivity index is 1.60. The van der Waals surface area contributed by atoms with Gasteiger partial charge in [0.05, 0.1) is 11.3 Å². The number of aryl methyl sites for hydroxylation is 1. The molecule has 4 N–H and O–H groups in total. The van der Waals surface area contributed by atoms with Crippen molar-refractivity contribution in [1.82, 2.24) is 10.2 Å². The van der Waals surface area contributed by atoms with Gasteiger partial charge in [0.25, 0.3) is 5.91 Å². The van der Waals surface area contributed by atoms with Gasteiger partial charge < -0.3 is 16.0 Å². The first-order chi connectivity index (χ1) is 14.4. The zero-order valence-corrected chi connectivity index (χ0v) is 16.4. The number of fused-ring (bicyclic) bond motifs is 1. The highest BCUT2D eigenvalue weighted by Crippen LogP contribution is 2.33. The number of aromatic nitrogens is 2. The average molecular weight is 401 g/mol. The van der Waals surface area contributed by atoms with Crippen LogP contribution in [-0.2, 0) is 9.59 Å². The van der Waals surface area contributed by atoms with E-state index >= 15 is 0 Å². The summed E-state index contributed by atoms with van der Waals surface area (Å²) in [4.78, 5) is 36.4. The number of nitrogens with one attached hydrogen (secondary N) is 4. The second-order valence-electron chi connectivity index (χ2n) is 6.93. The fraction of sp³-hybridized carbons (Fsp3) is 0.0909. The van der Waals surface area contributed by atoms with Gasteiger partial charge in [-0.1, -0.05) is 0 Å². The van der Waals surface area contributed by atoms with Gasteiger partial charge in [-0.2, -0.15) is 5.10 Å². The summed E-state index contributed by atoms with van der Waals surface area (Å²) in [5.41, 5.74) is 4.10. The fourth-order valence-corrected chi connectivity index (χ4v) is 3.19. The molecule has 1 aliphatic heterocycles. The maximum absolute atomic E-state index is 12.9. The molecule has 8 nitrogen and oxygen atoms in total. The van der Waals surface area contributed by atoms with E-state index < -0.39 is 0 Å². The van der Waals surface area contributed by atoms with Gasteiger partial charge in [0.1, 0.15) is 5.82 Å². The van der Waals surface area contributed by atoms with Gasteiger partial charge in [0, 0.05) is 47.3 Å². The average Bonchev–Trinajstić information content (AvgIpc) is 3.27. The largest absolute Gasteiger partial charge is 0.346 e. The van der Waals surface area contributed by atoms with Crippen molar-refractivity contribution >= 4 is 40.4 Å². The van der Waals surface area contributed by atoms with Crippen LogP contribution in [0.1, 0.15) is 34.1 Å². The summed E-state index contributed by atoms with van der Waals surface area (Å²) in [6.45, 7) is 3.28. The Morgan fingerprint density at radius 1 is 1.03 bits per heavy atom. The molecule has 0 fully saturated rings. The highest BCUT2D eigenvalue weighted by atomic mass is 16.2. The number of nitrogens with zero attached hydrogens (tertiary/aromatic N) is 1. The number of aromatic amines is 1. The number of hydrogen-bond donors (Lipinski definition) is 4. The van der Waals surface area contributed by atoms with Crippen LogP contribution in [0.2, 0.25) is 0 Å². The molecule has 4 rings (SSSR count). The smallest absolute Gasteiger partial charge is 0.257 e. The lowest BCUT2D eigenvalue weighted by Gasteiger charge is -2.06. The topological polar surface area (TPSA) is 116 Å². The minimum absolute atomic E-state index is 0.178. The maximum Gasteiger partial charge on any atom is 0.257 e. The monoisotopic (exact) mass is 401 g/mol. The molecule has 0 atom stereocenters. The van der Waals surface area contributed by atoms with Crippen LogP contribution in [0.15, 0.2) is 54.7 Å². The maximum atomic E-state index is 12.9. The van der Waals surface area contributed by atoms with Gasteiger partial charge in [0.15, 0.2) is 5.78 Å². The molecule has 1 aliphatic rings. The third-order valence-electron chi connectivity index (χ3n) is 4.61. The van der Waals surface area contributed by atoms with Crippen molar-refractivity contribution in [3.8, 4) is 0 Å². The molecule has 2 heterocycles. The number of amides is 2. The Morgan fingerprint density at radius 3 is 2.43 bits per heavy atom. The molecule has 30 heavy (non-hydrogen) atoms. The number of rotatable bonds is 5. The third-order valence-corrected chi connectivity index (χ3v) is 4.61. The van der Waals surface area contributed by atoms with Gasteiger partial charge in [0.2, 0.25) is 5.91 Å². The number of anilines is 3. The normalized spacial score (nSPS) is 13.7. The van der Waals surface area contributed by atoms with Gasteiger partial charge in [-0.15, -0.1) is 0 Å². The lowest BCUT2D eigenvalue weighted by molar-refractivity contribution is -0.114. The van der Waals surface area contributed by atoms with Crippen LogP contribution in [0.5, 0.6) is 0 Å². The Bertz CT molecular complexity index is 1190. The number of carbonyl (C=O) groups is 3. The molecule has 2 amide bonds. The summed E-state index contributed by atoms with van der Waals surface area (Å²) in [5.74, 6) is 0.0526. The van der Waals surface area contributed by atoms with Crippen LogP contribution in [0.25, 0.3) is 5.57 Å². The molecule has 150 valence electrons. The first kappa shape index (κ1) is 19.1. The Kier molecular flexibility index (Phi) is 4.89. The molecule has 1 aromatic heterocycles. The highest BCUT2D eigenvalue weighted by molar-refractivity contribution is 6.32. The first-order valence-corrected chi connectivity index (χ1v) is 9.27. The molecule has 0 unspecified atom stereocenters. The summed E-state index contributed by atoms with van der Waals surface area (Å²) >= 11 is 0. The number of ketones is 1. The number of benzene rings is 2. The summed E-state index contributed by atoms with van der Waals surface area (Å²) in [6.07, 6.45) is 1.59. The van der Waals surface area contributed by atoms with Crippen LogP contribution in [0, 0.1) is 6.92 Å². The van der Waals surface area contributed by atoms with E-state index in [9.17, 15) is 14.4 Å². The fourth-order valence-electron chi connectivity index (χ4n) is 3.19. The molecular formula is C22H19N5O3. The summed E-state index contributed by atoms with van der Waals surface area (Å²) < 4.78 is 0.